The van der Waals surface area contributed by atoms with Crippen molar-refractivity contribution in [2.75, 3.05) is 7.11 Å². The number of nitrogens with zero attached hydrogens (tertiary/aromatic N) is 1. The summed E-state index contributed by atoms with van der Waals surface area (Å²) in [4.78, 5) is 15.1. The van der Waals surface area contributed by atoms with E-state index in [1.54, 1.807) is 5.38 Å². The molecule has 0 spiro atoms. The lowest BCUT2D eigenvalue weighted by Gasteiger charge is -2.01. The molecule has 4 nitrogen and oxygen atoms in total. The van der Waals surface area contributed by atoms with Gasteiger partial charge in [-0.1, -0.05) is 6.92 Å². The lowest BCUT2D eigenvalue weighted by Crippen LogP contribution is -2.09. The molecule has 13 heavy (non-hydrogen) atoms. The van der Waals surface area contributed by atoms with Crippen molar-refractivity contribution < 1.29 is 9.53 Å². The van der Waals surface area contributed by atoms with Crippen molar-refractivity contribution >= 4 is 17.3 Å². The van der Waals surface area contributed by atoms with E-state index in [0.29, 0.717) is 5.69 Å². The Bertz CT molecular complexity index is 298. The summed E-state index contributed by atoms with van der Waals surface area (Å²) in [6.45, 7) is 1.98. The molecule has 1 heterocycles. The van der Waals surface area contributed by atoms with E-state index in [4.69, 9.17) is 5.73 Å². The van der Waals surface area contributed by atoms with Crippen LogP contribution in [-0.2, 0) is 4.74 Å². The summed E-state index contributed by atoms with van der Waals surface area (Å²) in [5.41, 5.74) is 6.08. The first-order chi connectivity index (χ1) is 6.19. The van der Waals surface area contributed by atoms with E-state index in [0.717, 1.165) is 11.4 Å². The first-order valence-electron chi connectivity index (χ1n) is 3.98. The number of ether oxygens (including phenoxy) is 1. The highest BCUT2D eigenvalue weighted by Gasteiger charge is 2.13. The van der Waals surface area contributed by atoms with Gasteiger partial charge in [-0.15, -0.1) is 11.3 Å². The second-order valence-corrected chi connectivity index (χ2v) is 3.47. The van der Waals surface area contributed by atoms with Crippen LogP contribution in [0.1, 0.15) is 34.9 Å². The summed E-state index contributed by atoms with van der Waals surface area (Å²) in [6, 6.07) is -0.0802. The van der Waals surface area contributed by atoms with E-state index in [1.807, 2.05) is 6.92 Å². The second-order valence-electron chi connectivity index (χ2n) is 2.58. The van der Waals surface area contributed by atoms with Crippen LogP contribution in [0.25, 0.3) is 0 Å². The average Bonchev–Trinajstić information content (AvgIpc) is 2.64. The van der Waals surface area contributed by atoms with Crippen LogP contribution >= 0.6 is 11.3 Å². The molecule has 0 aliphatic carbocycles. The summed E-state index contributed by atoms with van der Waals surface area (Å²) in [6.07, 6.45) is 0.814. The molecular weight excluding hydrogens is 188 g/mol. The Morgan fingerprint density at radius 1 is 1.85 bits per heavy atom. The van der Waals surface area contributed by atoms with Crippen LogP contribution in [0.2, 0.25) is 0 Å². The lowest BCUT2D eigenvalue weighted by atomic mass is 10.2. The molecule has 0 saturated heterocycles. The molecule has 0 aliphatic heterocycles. The Balaban J connectivity index is 2.80. The maximum atomic E-state index is 11.0. The quantitative estimate of drug-likeness (QED) is 0.748. The fraction of sp³-hybridized carbons (Fsp3) is 0.500. The minimum absolute atomic E-state index is 0.0802. The maximum Gasteiger partial charge on any atom is 0.357 e. The number of thiazole rings is 1. The van der Waals surface area contributed by atoms with Crippen molar-refractivity contribution in [3.05, 3.63) is 16.1 Å². The maximum absolute atomic E-state index is 11.0. The zero-order chi connectivity index (χ0) is 9.84. The van der Waals surface area contributed by atoms with Gasteiger partial charge >= 0.3 is 5.97 Å². The molecule has 5 heteroatoms. The average molecular weight is 200 g/mol. The first kappa shape index (κ1) is 10.1. The van der Waals surface area contributed by atoms with Crippen molar-refractivity contribution in [2.24, 2.45) is 5.73 Å². The minimum Gasteiger partial charge on any atom is -0.464 e. The van der Waals surface area contributed by atoms with Gasteiger partial charge in [0.05, 0.1) is 13.2 Å². The Morgan fingerprint density at radius 2 is 2.54 bits per heavy atom. The molecule has 2 N–H and O–H groups in total. The zero-order valence-corrected chi connectivity index (χ0v) is 8.43. The number of methoxy groups -OCH3 is 1. The summed E-state index contributed by atoms with van der Waals surface area (Å²) < 4.78 is 4.53. The molecular formula is C8H12N2O2S. The van der Waals surface area contributed by atoms with E-state index >= 15 is 0 Å². The van der Waals surface area contributed by atoms with Crippen LogP contribution < -0.4 is 5.73 Å². The van der Waals surface area contributed by atoms with Crippen LogP contribution in [0.3, 0.4) is 0 Å². The third-order valence-electron chi connectivity index (χ3n) is 1.67. The van der Waals surface area contributed by atoms with Crippen molar-refractivity contribution in [3.8, 4) is 0 Å². The molecule has 1 aromatic rings. The van der Waals surface area contributed by atoms with Gasteiger partial charge < -0.3 is 10.5 Å². The van der Waals surface area contributed by atoms with Crippen LogP contribution in [0.4, 0.5) is 0 Å². The molecule has 0 radical (unpaired) electrons. The predicted molar refractivity (Wildman–Crippen MR) is 50.7 cm³/mol. The van der Waals surface area contributed by atoms with Crippen LogP contribution in [0.5, 0.6) is 0 Å². The number of rotatable bonds is 3. The van der Waals surface area contributed by atoms with Gasteiger partial charge in [-0.25, -0.2) is 9.78 Å². The highest BCUT2D eigenvalue weighted by molar-refractivity contribution is 7.09. The summed E-state index contributed by atoms with van der Waals surface area (Å²) >= 11 is 1.39. The molecule has 1 aromatic heterocycles. The van der Waals surface area contributed by atoms with E-state index in [-0.39, 0.29) is 6.04 Å². The number of carbonyl (C=O) groups is 1. The normalized spacial score (nSPS) is 12.5. The molecule has 0 saturated carbocycles. The minimum atomic E-state index is -0.411. The van der Waals surface area contributed by atoms with Crippen LogP contribution in [-0.4, -0.2) is 18.1 Å². The third kappa shape index (κ3) is 2.26. The Labute approximate surface area is 80.7 Å². The standard InChI is InChI=1S/C8H12N2O2S/c1-3-5(9)7-10-6(4-13-7)8(11)12-2/h4-5H,3,9H2,1-2H3. The summed E-state index contributed by atoms with van der Waals surface area (Å²) in [5, 5.41) is 2.44. The van der Waals surface area contributed by atoms with E-state index in [1.165, 1.54) is 18.4 Å². The largest absolute Gasteiger partial charge is 0.464 e. The number of hydrogen-bond donors (Lipinski definition) is 1. The fourth-order valence-corrected chi connectivity index (χ4v) is 1.70. The smallest absolute Gasteiger partial charge is 0.357 e. The first-order valence-corrected chi connectivity index (χ1v) is 4.86. The summed E-state index contributed by atoms with van der Waals surface area (Å²) in [5.74, 6) is -0.411. The van der Waals surface area contributed by atoms with Gasteiger partial charge in [-0.2, -0.15) is 0 Å². The number of aromatic nitrogens is 1. The SMILES string of the molecule is CCC(N)c1nc(C(=O)OC)cs1. The second kappa shape index (κ2) is 4.34. The molecule has 0 aromatic carbocycles. The highest BCUT2D eigenvalue weighted by Crippen LogP contribution is 2.18. The Kier molecular flexibility index (Phi) is 3.39. The number of carbonyl (C=O) groups excluding carboxylic acids is 1. The molecule has 0 aliphatic rings. The van der Waals surface area contributed by atoms with Gasteiger partial charge in [0.1, 0.15) is 5.01 Å². The molecule has 1 rings (SSSR count). The predicted octanol–water partition coefficient (Wildman–Crippen LogP) is 1.34. The lowest BCUT2D eigenvalue weighted by molar-refractivity contribution is 0.0594. The van der Waals surface area contributed by atoms with Gasteiger partial charge in [-0.05, 0) is 6.42 Å². The molecule has 72 valence electrons. The van der Waals surface area contributed by atoms with Crippen LogP contribution in [0, 0.1) is 0 Å². The zero-order valence-electron chi connectivity index (χ0n) is 7.61. The number of hydrogen-bond acceptors (Lipinski definition) is 5. The van der Waals surface area contributed by atoms with Crippen LogP contribution in [0.15, 0.2) is 5.38 Å². The van der Waals surface area contributed by atoms with E-state index in [9.17, 15) is 4.79 Å². The van der Waals surface area contributed by atoms with Crippen molar-refractivity contribution in [3.63, 3.8) is 0 Å². The Morgan fingerprint density at radius 3 is 3.08 bits per heavy atom. The monoisotopic (exact) mass is 200 g/mol. The van der Waals surface area contributed by atoms with Gasteiger partial charge in [0.2, 0.25) is 0 Å². The van der Waals surface area contributed by atoms with E-state index in [2.05, 4.69) is 9.72 Å². The highest BCUT2D eigenvalue weighted by atomic mass is 32.1. The van der Waals surface area contributed by atoms with Crippen molar-refractivity contribution in [2.45, 2.75) is 19.4 Å². The molecule has 0 amide bonds. The Hall–Kier alpha value is -0.940. The van der Waals surface area contributed by atoms with Crippen molar-refractivity contribution in [1.82, 2.24) is 4.98 Å². The number of esters is 1. The topological polar surface area (TPSA) is 65.2 Å². The number of nitrogens with two attached hydrogens (primary N) is 1. The van der Waals surface area contributed by atoms with Gasteiger partial charge in [0.15, 0.2) is 5.69 Å². The molecule has 1 unspecified atom stereocenters. The third-order valence-corrected chi connectivity index (χ3v) is 2.65. The van der Waals surface area contributed by atoms with Gasteiger partial charge in [0.25, 0.3) is 0 Å². The molecule has 1 atom stereocenters. The van der Waals surface area contributed by atoms with Gasteiger partial charge in [-0.3, -0.25) is 0 Å². The van der Waals surface area contributed by atoms with Crippen molar-refractivity contribution in [1.29, 1.82) is 0 Å². The molecule has 0 fully saturated rings. The van der Waals surface area contributed by atoms with E-state index < -0.39 is 5.97 Å². The molecule has 0 bridgehead atoms. The fourth-order valence-electron chi connectivity index (χ4n) is 0.831. The van der Waals surface area contributed by atoms with Gasteiger partial charge in [0, 0.05) is 5.38 Å². The summed E-state index contributed by atoms with van der Waals surface area (Å²) in [7, 11) is 1.33.